The maximum Gasteiger partial charge on any atom is 0.186 e. The third-order valence-corrected chi connectivity index (χ3v) is 4.22. The number of pyridine rings is 1. The molecule has 0 saturated heterocycles. The Morgan fingerprint density at radius 2 is 1.90 bits per heavy atom. The first-order valence-corrected chi connectivity index (χ1v) is 7.05. The van der Waals surface area contributed by atoms with E-state index in [1.165, 1.54) is 0 Å². The van der Waals surface area contributed by atoms with Gasteiger partial charge in [-0.05, 0) is 25.5 Å². The number of thiazole rings is 1. The molecule has 0 unspecified atom stereocenters. The molecule has 21 heavy (non-hydrogen) atoms. The van der Waals surface area contributed by atoms with Gasteiger partial charge in [-0.1, -0.05) is 0 Å². The lowest BCUT2D eigenvalue weighted by Crippen LogP contribution is -1.96. The van der Waals surface area contributed by atoms with E-state index in [9.17, 15) is 13.2 Å². The van der Waals surface area contributed by atoms with Gasteiger partial charge >= 0.3 is 0 Å². The summed E-state index contributed by atoms with van der Waals surface area (Å²) in [6, 6.07) is 5.32. The standard InChI is InChI=1S/C15H10F3N2S/c1-7-3-4-9(8(2)19-7)5-12-20-14-13(18)10(16)6-11(17)15(14)21-12/h4,6H,5H2,1-2H3. The molecule has 1 radical (unpaired) electrons. The van der Waals surface area contributed by atoms with Gasteiger partial charge < -0.3 is 0 Å². The summed E-state index contributed by atoms with van der Waals surface area (Å²) in [5.74, 6) is -3.13. The van der Waals surface area contributed by atoms with Crippen molar-refractivity contribution in [1.82, 2.24) is 9.97 Å². The average Bonchev–Trinajstić information content (AvgIpc) is 2.84. The summed E-state index contributed by atoms with van der Waals surface area (Å²) in [5, 5.41) is 0.510. The SMILES string of the molecule is Cc1[c]cc(Cc2nc3c(F)c(F)cc(F)c3s2)c(C)n1. The van der Waals surface area contributed by atoms with Gasteiger partial charge in [-0.3, -0.25) is 4.98 Å². The third-order valence-electron chi connectivity index (χ3n) is 3.16. The Balaban J connectivity index is 2.06. The Morgan fingerprint density at radius 1 is 1.14 bits per heavy atom. The first-order valence-electron chi connectivity index (χ1n) is 6.23. The number of nitrogens with zero attached hydrogens (tertiary/aromatic N) is 2. The second-order valence-electron chi connectivity index (χ2n) is 4.71. The van der Waals surface area contributed by atoms with Crippen molar-refractivity contribution in [2.45, 2.75) is 20.3 Å². The summed E-state index contributed by atoms with van der Waals surface area (Å²) in [6.07, 6.45) is 0.384. The van der Waals surface area contributed by atoms with E-state index in [4.69, 9.17) is 0 Å². The van der Waals surface area contributed by atoms with Crippen LogP contribution in [0.25, 0.3) is 10.2 Å². The highest BCUT2D eigenvalue weighted by Gasteiger charge is 2.17. The van der Waals surface area contributed by atoms with E-state index in [2.05, 4.69) is 16.0 Å². The molecule has 1 aromatic carbocycles. The molecule has 2 nitrogen and oxygen atoms in total. The van der Waals surface area contributed by atoms with Crippen molar-refractivity contribution >= 4 is 21.6 Å². The lowest BCUT2D eigenvalue weighted by atomic mass is 10.1. The summed E-state index contributed by atoms with van der Waals surface area (Å²) in [4.78, 5) is 8.30. The van der Waals surface area contributed by atoms with Gasteiger partial charge in [-0.15, -0.1) is 11.3 Å². The fraction of sp³-hybridized carbons (Fsp3) is 0.200. The van der Waals surface area contributed by atoms with E-state index >= 15 is 0 Å². The molecule has 2 aromatic heterocycles. The Bertz CT molecular complexity index is 843. The first kappa shape index (κ1) is 14.0. The van der Waals surface area contributed by atoms with Crippen molar-refractivity contribution in [3.63, 3.8) is 0 Å². The molecule has 0 spiro atoms. The number of fused-ring (bicyclic) bond motifs is 1. The van der Waals surface area contributed by atoms with Gasteiger partial charge in [0, 0.05) is 29.9 Å². The predicted molar refractivity (Wildman–Crippen MR) is 74.8 cm³/mol. The lowest BCUT2D eigenvalue weighted by Gasteiger charge is -2.03. The number of aromatic nitrogens is 2. The molecule has 0 saturated carbocycles. The Morgan fingerprint density at radius 3 is 2.62 bits per heavy atom. The van der Waals surface area contributed by atoms with E-state index in [0.29, 0.717) is 17.5 Å². The summed E-state index contributed by atoms with van der Waals surface area (Å²) in [7, 11) is 0. The number of hydrogen-bond donors (Lipinski definition) is 0. The minimum atomic E-state index is -1.22. The van der Waals surface area contributed by atoms with Gasteiger partial charge in [0.15, 0.2) is 11.6 Å². The van der Waals surface area contributed by atoms with Crippen molar-refractivity contribution in [1.29, 1.82) is 0 Å². The van der Waals surface area contributed by atoms with Crippen LogP contribution < -0.4 is 0 Å². The van der Waals surface area contributed by atoms with Gasteiger partial charge in [-0.2, -0.15) is 0 Å². The normalized spacial score (nSPS) is 11.3. The molecule has 6 heteroatoms. The fourth-order valence-electron chi connectivity index (χ4n) is 2.10. The van der Waals surface area contributed by atoms with Crippen LogP contribution in [0.4, 0.5) is 13.2 Å². The molecule has 0 atom stereocenters. The average molecular weight is 307 g/mol. The summed E-state index contributed by atoms with van der Waals surface area (Å²) in [6.45, 7) is 3.69. The monoisotopic (exact) mass is 307 g/mol. The molecule has 0 bridgehead atoms. The molecule has 0 fully saturated rings. The van der Waals surface area contributed by atoms with Gasteiger partial charge in [0.2, 0.25) is 0 Å². The minimum Gasteiger partial charge on any atom is -0.258 e. The Hall–Kier alpha value is -1.95. The van der Waals surface area contributed by atoms with Gasteiger partial charge in [0.25, 0.3) is 0 Å². The smallest absolute Gasteiger partial charge is 0.186 e. The van der Waals surface area contributed by atoms with Crippen molar-refractivity contribution in [2.75, 3.05) is 0 Å². The van der Waals surface area contributed by atoms with Crippen molar-refractivity contribution < 1.29 is 13.2 Å². The van der Waals surface area contributed by atoms with E-state index in [1.807, 2.05) is 13.8 Å². The van der Waals surface area contributed by atoms with Gasteiger partial charge in [0.1, 0.15) is 11.3 Å². The van der Waals surface area contributed by atoms with Crippen LogP contribution in [0, 0.1) is 37.4 Å². The molecule has 0 amide bonds. The number of hydrogen-bond acceptors (Lipinski definition) is 3. The summed E-state index contributed by atoms with van der Waals surface area (Å²) >= 11 is 1.02. The predicted octanol–water partition coefficient (Wildman–Crippen LogP) is 4.12. The molecule has 0 aliphatic heterocycles. The van der Waals surface area contributed by atoms with E-state index < -0.39 is 17.5 Å². The molecule has 0 aliphatic rings. The molecular formula is C15H10F3N2S. The number of aryl methyl sites for hydroxylation is 2. The third kappa shape index (κ3) is 2.51. The van der Waals surface area contributed by atoms with Crippen LogP contribution in [0.5, 0.6) is 0 Å². The van der Waals surface area contributed by atoms with E-state index in [1.54, 1.807) is 6.07 Å². The second kappa shape index (κ2) is 5.11. The Kier molecular flexibility index (Phi) is 3.41. The minimum absolute atomic E-state index is 0.0330. The van der Waals surface area contributed by atoms with Crippen LogP contribution in [-0.2, 0) is 6.42 Å². The number of rotatable bonds is 2. The van der Waals surface area contributed by atoms with Crippen LogP contribution in [0.15, 0.2) is 12.1 Å². The molecule has 2 heterocycles. The zero-order valence-corrected chi connectivity index (χ0v) is 12.1. The zero-order chi connectivity index (χ0) is 15.1. The summed E-state index contributed by atoms with van der Waals surface area (Å²) < 4.78 is 40.5. The van der Waals surface area contributed by atoms with Crippen molar-refractivity contribution in [2.24, 2.45) is 0 Å². The van der Waals surface area contributed by atoms with E-state index in [-0.39, 0.29) is 10.2 Å². The lowest BCUT2D eigenvalue weighted by molar-refractivity contribution is 0.504. The highest BCUT2D eigenvalue weighted by molar-refractivity contribution is 7.18. The van der Waals surface area contributed by atoms with Crippen LogP contribution in [0.2, 0.25) is 0 Å². The summed E-state index contributed by atoms with van der Waals surface area (Å²) in [5.41, 5.74) is 2.22. The Labute approximate surface area is 123 Å². The molecular weight excluding hydrogens is 297 g/mol. The quantitative estimate of drug-likeness (QED) is 0.666. The fourth-order valence-corrected chi connectivity index (χ4v) is 3.09. The molecule has 0 N–H and O–H groups in total. The first-order chi connectivity index (χ1) is 9.95. The molecule has 3 aromatic rings. The van der Waals surface area contributed by atoms with Crippen LogP contribution in [0.1, 0.15) is 22.0 Å². The van der Waals surface area contributed by atoms with Gasteiger partial charge in [0.05, 0.1) is 9.71 Å². The van der Waals surface area contributed by atoms with Gasteiger partial charge in [-0.25, -0.2) is 18.2 Å². The van der Waals surface area contributed by atoms with Crippen molar-refractivity contribution in [3.05, 3.63) is 57.6 Å². The highest BCUT2D eigenvalue weighted by atomic mass is 32.1. The van der Waals surface area contributed by atoms with Crippen LogP contribution >= 0.6 is 11.3 Å². The molecule has 107 valence electrons. The molecule has 3 rings (SSSR count). The number of halogens is 3. The van der Waals surface area contributed by atoms with Crippen molar-refractivity contribution in [3.8, 4) is 0 Å². The molecule has 0 aliphatic carbocycles. The maximum absolute atomic E-state index is 13.7. The number of benzene rings is 1. The largest absolute Gasteiger partial charge is 0.258 e. The highest BCUT2D eigenvalue weighted by Crippen LogP contribution is 2.30. The zero-order valence-electron chi connectivity index (χ0n) is 11.3. The van der Waals surface area contributed by atoms with Crippen LogP contribution in [0.3, 0.4) is 0 Å². The van der Waals surface area contributed by atoms with Crippen LogP contribution in [-0.4, -0.2) is 9.97 Å². The second-order valence-corrected chi connectivity index (χ2v) is 5.80. The maximum atomic E-state index is 13.7. The topological polar surface area (TPSA) is 25.8 Å². The van der Waals surface area contributed by atoms with E-state index in [0.717, 1.165) is 28.3 Å².